The highest BCUT2D eigenvalue weighted by atomic mass is 16.5. The number of nitrogens with one attached hydrogen (secondary N) is 1. The number of hydrogen-bond acceptors (Lipinski definition) is 7. The molecule has 18 heavy (non-hydrogen) atoms. The number of aliphatic imine (C=N–C) groups is 2. The zero-order valence-electron chi connectivity index (χ0n) is 11.3. The Bertz CT molecular complexity index is 399. The second-order valence-corrected chi connectivity index (χ2v) is 4.19. The highest BCUT2D eigenvalue weighted by Crippen LogP contribution is 2.25. The van der Waals surface area contributed by atoms with Crippen molar-refractivity contribution >= 4 is 11.9 Å². The molecule has 3 N–H and O–H groups in total. The zero-order chi connectivity index (χ0) is 13.8. The number of amidine groups is 2. The molecule has 0 spiro atoms. The lowest BCUT2D eigenvalue weighted by Gasteiger charge is -2.32. The van der Waals surface area contributed by atoms with Crippen molar-refractivity contribution in [2.45, 2.75) is 33.5 Å². The summed E-state index contributed by atoms with van der Waals surface area (Å²) in [6.07, 6.45) is 0.156. The summed E-state index contributed by atoms with van der Waals surface area (Å²) in [5.41, 5.74) is -0.737. The summed E-state index contributed by atoms with van der Waals surface area (Å²) in [5, 5.41) is 13.7. The summed E-state index contributed by atoms with van der Waals surface area (Å²) >= 11 is 0. The molecule has 2 unspecified atom stereocenters. The number of hydrogen-bond donors (Lipinski definition) is 2. The van der Waals surface area contributed by atoms with Crippen LogP contribution in [0.25, 0.3) is 0 Å². The Labute approximate surface area is 107 Å². The van der Waals surface area contributed by atoms with Crippen LogP contribution in [0.5, 0.6) is 0 Å². The number of rotatable bonds is 4. The lowest BCUT2D eigenvalue weighted by atomic mass is 9.88. The smallest absolute Gasteiger partial charge is 0.311 e. The van der Waals surface area contributed by atoms with Crippen molar-refractivity contribution in [3.8, 4) is 6.07 Å². The fraction of sp³-hybridized carbons (Fsp3) is 0.727. The van der Waals surface area contributed by atoms with E-state index in [1.54, 1.807) is 6.92 Å². The summed E-state index contributed by atoms with van der Waals surface area (Å²) in [7, 11) is 1.49. The third-order valence-corrected chi connectivity index (χ3v) is 2.95. The predicted octanol–water partition coefficient (Wildman–Crippen LogP) is 0.410. The van der Waals surface area contributed by atoms with Crippen LogP contribution in [0.1, 0.15) is 27.2 Å². The Balaban J connectivity index is 3.14. The van der Waals surface area contributed by atoms with Gasteiger partial charge in [0.25, 0.3) is 0 Å². The van der Waals surface area contributed by atoms with E-state index < -0.39 is 11.7 Å². The molecule has 1 rings (SSSR count). The van der Waals surface area contributed by atoms with Gasteiger partial charge in [0.15, 0.2) is 12.1 Å². The minimum Gasteiger partial charge on any atom is -0.467 e. The minimum atomic E-state index is -0.737. The molecule has 7 nitrogen and oxygen atoms in total. The van der Waals surface area contributed by atoms with Crippen molar-refractivity contribution in [1.29, 1.82) is 5.26 Å². The van der Waals surface area contributed by atoms with Crippen molar-refractivity contribution in [2.24, 2.45) is 21.2 Å². The zero-order valence-corrected chi connectivity index (χ0v) is 11.3. The van der Waals surface area contributed by atoms with E-state index in [-0.39, 0.29) is 6.02 Å². The summed E-state index contributed by atoms with van der Waals surface area (Å²) in [6, 6.07) is 2.49. The molecule has 0 aromatic heterocycles. The van der Waals surface area contributed by atoms with Gasteiger partial charge in [-0.3, -0.25) is 5.32 Å². The normalized spacial score (nSPS) is 22.7. The van der Waals surface area contributed by atoms with Crippen LogP contribution in [0.15, 0.2) is 9.98 Å². The molecule has 0 aromatic carbocycles. The maximum Gasteiger partial charge on any atom is 0.311 e. The van der Waals surface area contributed by atoms with Crippen molar-refractivity contribution in [2.75, 3.05) is 13.7 Å². The SMILES string of the molecule is CCNC1N=C(C(C)(C#N)CC)N=C(OC)N1N. The number of nitrogens with two attached hydrogens (primary N) is 1. The number of hydrazine groups is 1. The molecule has 7 heteroatoms. The van der Waals surface area contributed by atoms with Crippen LogP contribution >= 0.6 is 0 Å². The van der Waals surface area contributed by atoms with Crippen LogP contribution in [0.2, 0.25) is 0 Å². The first-order chi connectivity index (χ1) is 8.52. The maximum absolute atomic E-state index is 9.27. The van der Waals surface area contributed by atoms with E-state index in [0.717, 1.165) is 0 Å². The van der Waals surface area contributed by atoms with Gasteiger partial charge in [-0.1, -0.05) is 13.8 Å². The van der Waals surface area contributed by atoms with Gasteiger partial charge in [-0.25, -0.2) is 15.8 Å². The summed E-state index contributed by atoms with van der Waals surface area (Å²) < 4.78 is 5.12. The first kappa shape index (κ1) is 14.4. The Hall–Kier alpha value is -1.65. The van der Waals surface area contributed by atoms with Gasteiger partial charge in [0.05, 0.1) is 13.2 Å². The molecular formula is C11H20N6O. The Kier molecular flexibility index (Phi) is 4.64. The minimum absolute atomic E-state index is 0.251. The van der Waals surface area contributed by atoms with Gasteiger partial charge in [-0.15, -0.1) is 0 Å². The monoisotopic (exact) mass is 252 g/mol. The topological polar surface area (TPSA) is 99.0 Å². The quantitative estimate of drug-likeness (QED) is 0.706. The molecule has 1 aliphatic heterocycles. The highest BCUT2D eigenvalue weighted by molar-refractivity contribution is 6.00. The van der Waals surface area contributed by atoms with Crippen molar-refractivity contribution in [1.82, 2.24) is 10.3 Å². The molecule has 0 aliphatic carbocycles. The maximum atomic E-state index is 9.27. The fourth-order valence-corrected chi connectivity index (χ4v) is 1.49. The van der Waals surface area contributed by atoms with Crippen molar-refractivity contribution < 1.29 is 4.74 Å². The van der Waals surface area contributed by atoms with Crippen LogP contribution < -0.4 is 11.2 Å². The summed E-state index contributed by atoms with van der Waals surface area (Å²) in [6.45, 7) is 6.37. The number of ether oxygens (including phenoxy) is 1. The molecule has 0 saturated heterocycles. The van der Waals surface area contributed by atoms with Gasteiger partial charge in [0, 0.05) is 0 Å². The molecule has 100 valence electrons. The molecule has 1 aliphatic rings. The van der Waals surface area contributed by atoms with E-state index in [2.05, 4.69) is 21.4 Å². The van der Waals surface area contributed by atoms with Gasteiger partial charge < -0.3 is 4.74 Å². The van der Waals surface area contributed by atoms with E-state index in [4.69, 9.17) is 10.6 Å². The largest absolute Gasteiger partial charge is 0.467 e. The molecule has 1 heterocycles. The van der Waals surface area contributed by atoms with Gasteiger partial charge in [-0.2, -0.15) is 10.3 Å². The lowest BCUT2D eigenvalue weighted by molar-refractivity contribution is 0.206. The highest BCUT2D eigenvalue weighted by Gasteiger charge is 2.35. The fourth-order valence-electron chi connectivity index (χ4n) is 1.49. The average Bonchev–Trinajstić information content (AvgIpc) is 2.40. The molecule has 0 bridgehead atoms. The standard InChI is InChI=1S/C11H20N6O/c1-5-11(3,7-12)8-15-9(14-6-2)17(13)10(16-8)18-4/h9,14H,5-6,13H2,1-4H3. The Morgan fingerprint density at radius 1 is 1.61 bits per heavy atom. The second-order valence-electron chi connectivity index (χ2n) is 4.19. The number of nitrogens with zero attached hydrogens (tertiary/aromatic N) is 4. The molecule has 0 saturated carbocycles. The van der Waals surface area contributed by atoms with Crippen LogP contribution in [-0.2, 0) is 4.74 Å². The lowest BCUT2D eigenvalue weighted by Crippen LogP contribution is -2.55. The van der Waals surface area contributed by atoms with E-state index in [1.165, 1.54) is 12.1 Å². The molecular weight excluding hydrogens is 232 g/mol. The number of nitriles is 1. The molecule has 2 atom stereocenters. The van der Waals surface area contributed by atoms with E-state index in [9.17, 15) is 5.26 Å². The van der Waals surface area contributed by atoms with E-state index >= 15 is 0 Å². The molecule has 0 radical (unpaired) electrons. The first-order valence-electron chi connectivity index (χ1n) is 5.91. The third-order valence-electron chi connectivity index (χ3n) is 2.95. The van der Waals surface area contributed by atoms with Gasteiger partial charge in [0.2, 0.25) is 0 Å². The second kappa shape index (κ2) is 5.80. The summed E-state index contributed by atoms with van der Waals surface area (Å²) in [4.78, 5) is 8.59. The van der Waals surface area contributed by atoms with E-state index in [0.29, 0.717) is 18.8 Å². The van der Waals surface area contributed by atoms with Crippen LogP contribution in [0.4, 0.5) is 0 Å². The summed E-state index contributed by atoms with van der Waals surface area (Å²) in [5.74, 6) is 6.27. The van der Waals surface area contributed by atoms with Crippen molar-refractivity contribution in [3.05, 3.63) is 0 Å². The van der Waals surface area contributed by atoms with Gasteiger partial charge in [-0.05, 0) is 19.9 Å². The van der Waals surface area contributed by atoms with Crippen LogP contribution in [0, 0.1) is 16.7 Å². The number of methoxy groups -OCH3 is 1. The van der Waals surface area contributed by atoms with Gasteiger partial charge in [0.1, 0.15) is 5.41 Å². The molecule has 0 fully saturated rings. The average molecular weight is 252 g/mol. The molecule has 0 amide bonds. The Morgan fingerprint density at radius 3 is 2.72 bits per heavy atom. The van der Waals surface area contributed by atoms with Crippen LogP contribution in [0.3, 0.4) is 0 Å². The van der Waals surface area contributed by atoms with E-state index in [1.807, 2.05) is 13.8 Å². The van der Waals surface area contributed by atoms with Gasteiger partial charge >= 0.3 is 6.02 Å². The van der Waals surface area contributed by atoms with Crippen molar-refractivity contribution in [3.63, 3.8) is 0 Å². The van der Waals surface area contributed by atoms with Crippen LogP contribution in [-0.4, -0.2) is 36.8 Å². The third kappa shape index (κ3) is 2.60. The first-order valence-corrected chi connectivity index (χ1v) is 5.91. The Morgan fingerprint density at radius 2 is 2.28 bits per heavy atom. The predicted molar refractivity (Wildman–Crippen MR) is 69.4 cm³/mol. The molecule has 0 aromatic rings.